The van der Waals surface area contributed by atoms with Crippen LogP contribution >= 0.6 is 0 Å². The largest absolute Gasteiger partial charge is 0.462 e. The smallest absolute Gasteiger partial charge is 0.306 e. The van der Waals surface area contributed by atoms with Gasteiger partial charge in [0.2, 0.25) is 0 Å². The molecule has 0 spiro atoms. The van der Waals surface area contributed by atoms with E-state index in [9.17, 15) is 14.4 Å². The second-order valence-corrected chi connectivity index (χ2v) is 17.5. The Bertz CT molecular complexity index is 1500. The number of hydrogen-bond acceptors (Lipinski definition) is 6. The molecule has 0 fully saturated rings. The van der Waals surface area contributed by atoms with Gasteiger partial charge in [0.25, 0.3) is 0 Å². The summed E-state index contributed by atoms with van der Waals surface area (Å²) in [5, 5.41) is 0. The number of allylic oxidation sites excluding steroid dienone is 22. The van der Waals surface area contributed by atoms with Gasteiger partial charge in [0.15, 0.2) is 6.10 Å². The zero-order valence-corrected chi connectivity index (χ0v) is 43.6. The topological polar surface area (TPSA) is 78.9 Å². The number of carbonyl (C=O) groups excluding carboxylic acids is 3. The van der Waals surface area contributed by atoms with E-state index in [1.54, 1.807) is 0 Å². The van der Waals surface area contributed by atoms with Crippen molar-refractivity contribution in [2.45, 2.75) is 226 Å². The maximum Gasteiger partial charge on any atom is 0.306 e. The third-order valence-corrected chi connectivity index (χ3v) is 11.0. The molecule has 0 saturated carbocycles. The van der Waals surface area contributed by atoms with Crippen molar-refractivity contribution in [1.82, 2.24) is 0 Å². The molecule has 382 valence electrons. The molecule has 0 aromatic heterocycles. The van der Waals surface area contributed by atoms with Gasteiger partial charge in [-0.3, -0.25) is 14.4 Å². The normalized spacial score (nSPS) is 13.2. The molecule has 6 nitrogen and oxygen atoms in total. The van der Waals surface area contributed by atoms with Gasteiger partial charge in [-0.2, -0.15) is 0 Å². The van der Waals surface area contributed by atoms with Gasteiger partial charge in [-0.05, 0) is 103 Å². The van der Waals surface area contributed by atoms with Crippen LogP contribution in [0.5, 0.6) is 0 Å². The first-order valence-electron chi connectivity index (χ1n) is 27.2. The van der Waals surface area contributed by atoms with E-state index in [2.05, 4.69) is 136 Å². The summed E-state index contributed by atoms with van der Waals surface area (Å²) >= 11 is 0. The van der Waals surface area contributed by atoms with Crippen LogP contribution in [-0.4, -0.2) is 37.2 Å². The summed E-state index contributed by atoms with van der Waals surface area (Å²) in [6.45, 7) is 6.28. The molecule has 0 rings (SSSR count). The number of rotatable bonds is 47. The monoisotopic (exact) mass is 939 g/mol. The zero-order valence-electron chi connectivity index (χ0n) is 43.6. The van der Waals surface area contributed by atoms with E-state index >= 15 is 0 Å². The molecule has 0 aromatic rings. The lowest BCUT2D eigenvalue weighted by Crippen LogP contribution is -2.30. The van der Waals surface area contributed by atoms with Crippen LogP contribution in [0.1, 0.15) is 220 Å². The number of hydrogen-bond donors (Lipinski definition) is 0. The highest BCUT2D eigenvalue weighted by Gasteiger charge is 2.19. The van der Waals surface area contributed by atoms with Gasteiger partial charge in [-0.15, -0.1) is 0 Å². The molecule has 0 bridgehead atoms. The van der Waals surface area contributed by atoms with Crippen molar-refractivity contribution in [1.29, 1.82) is 0 Å². The summed E-state index contributed by atoms with van der Waals surface area (Å²) in [6, 6.07) is 0. The van der Waals surface area contributed by atoms with E-state index < -0.39 is 6.10 Å². The van der Waals surface area contributed by atoms with Crippen molar-refractivity contribution < 1.29 is 28.6 Å². The van der Waals surface area contributed by atoms with E-state index in [0.717, 1.165) is 122 Å². The van der Waals surface area contributed by atoms with E-state index in [1.807, 2.05) is 18.2 Å². The Morgan fingerprint density at radius 1 is 0.324 bits per heavy atom. The summed E-state index contributed by atoms with van der Waals surface area (Å²) in [5.41, 5.74) is 0. The Balaban J connectivity index is 4.57. The van der Waals surface area contributed by atoms with Crippen LogP contribution in [-0.2, 0) is 28.6 Å². The first-order valence-corrected chi connectivity index (χ1v) is 27.2. The minimum Gasteiger partial charge on any atom is -0.462 e. The van der Waals surface area contributed by atoms with Crippen LogP contribution in [0.15, 0.2) is 134 Å². The SMILES string of the molecule is CC/C=C/C=C/C=C/CCCCCCCC(=O)OCC(COC(=O)CC/C=C/C/C=C/C/C=C/C/C=C/C/C=C/C/C=C/CC)OC(=O)CCCCCCC/C=C/C=C/CCCCCCCCC. The van der Waals surface area contributed by atoms with Gasteiger partial charge < -0.3 is 14.2 Å². The van der Waals surface area contributed by atoms with Crippen LogP contribution < -0.4 is 0 Å². The van der Waals surface area contributed by atoms with Crippen molar-refractivity contribution in [3.05, 3.63) is 134 Å². The second-order valence-electron chi connectivity index (χ2n) is 17.5. The zero-order chi connectivity index (χ0) is 49.3. The fraction of sp³-hybridized carbons (Fsp3) is 0.597. The molecule has 0 heterocycles. The molecule has 0 aliphatic carbocycles. The van der Waals surface area contributed by atoms with Crippen LogP contribution in [0, 0.1) is 0 Å². The lowest BCUT2D eigenvalue weighted by Gasteiger charge is -2.18. The lowest BCUT2D eigenvalue weighted by molar-refractivity contribution is -0.166. The van der Waals surface area contributed by atoms with Gasteiger partial charge in [0, 0.05) is 19.3 Å². The third-order valence-electron chi connectivity index (χ3n) is 11.0. The molecular formula is C62H98O6. The minimum atomic E-state index is -0.830. The average Bonchev–Trinajstić information content (AvgIpc) is 3.34. The molecule has 0 saturated heterocycles. The van der Waals surface area contributed by atoms with E-state index in [-0.39, 0.29) is 44.0 Å². The molecule has 0 aliphatic heterocycles. The Hall–Kier alpha value is -4.45. The first kappa shape index (κ1) is 63.5. The summed E-state index contributed by atoms with van der Waals surface area (Å²) in [4.78, 5) is 38.0. The maximum atomic E-state index is 12.8. The van der Waals surface area contributed by atoms with Crippen LogP contribution in [0.4, 0.5) is 0 Å². The van der Waals surface area contributed by atoms with Gasteiger partial charge in [0.05, 0.1) is 0 Å². The molecule has 0 radical (unpaired) electrons. The van der Waals surface area contributed by atoms with Crippen LogP contribution in [0.25, 0.3) is 0 Å². The number of ether oxygens (including phenoxy) is 3. The highest BCUT2D eigenvalue weighted by atomic mass is 16.6. The lowest BCUT2D eigenvalue weighted by atomic mass is 10.1. The Morgan fingerprint density at radius 2 is 0.676 bits per heavy atom. The number of carbonyl (C=O) groups is 3. The molecule has 68 heavy (non-hydrogen) atoms. The quantitative estimate of drug-likeness (QED) is 0.0199. The van der Waals surface area contributed by atoms with Gasteiger partial charge in [-0.1, -0.05) is 231 Å². The predicted molar refractivity (Wildman–Crippen MR) is 292 cm³/mol. The molecular weight excluding hydrogens is 841 g/mol. The van der Waals surface area contributed by atoms with Crippen LogP contribution in [0.2, 0.25) is 0 Å². The molecule has 0 aliphatic rings. The van der Waals surface area contributed by atoms with Crippen molar-refractivity contribution in [2.75, 3.05) is 13.2 Å². The van der Waals surface area contributed by atoms with Gasteiger partial charge in [-0.25, -0.2) is 0 Å². The third kappa shape index (κ3) is 52.5. The molecule has 0 N–H and O–H groups in total. The van der Waals surface area contributed by atoms with Crippen LogP contribution in [0.3, 0.4) is 0 Å². The van der Waals surface area contributed by atoms with Gasteiger partial charge >= 0.3 is 17.9 Å². The van der Waals surface area contributed by atoms with E-state index in [0.29, 0.717) is 12.8 Å². The molecule has 1 unspecified atom stereocenters. The molecule has 1 atom stereocenters. The first-order chi connectivity index (χ1) is 33.5. The van der Waals surface area contributed by atoms with Crippen molar-refractivity contribution in [3.8, 4) is 0 Å². The van der Waals surface area contributed by atoms with E-state index in [1.165, 1.54) is 51.4 Å². The van der Waals surface area contributed by atoms with Gasteiger partial charge in [0.1, 0.15) is 13.2 Å². The standard InChI is InChI=1S/C62H98O6/c1-4-7-10-13-16-19-22-25-27-29-31-33-34-37-40-43-46-49-52-55-61(64)67-58-59(57-66-60(63)54-51-48-45-42-39-36-24-21-18-15-12-9-6-3)68-62(65)56-53-50-47-44-41-38-35-32-30-28-26-23-20-17-14-11-8-5-2/h7,9-10,12,15-16,18-19,21,24-25,27-28,30-33,35,37,40,46,49,59H,4-6,8,11,13-14,17,20,22-23,26,29,34,36,38-39,41-45,47-48,50-58H2,1-3H3/b10-7+,12-9+,18-15+,19-16+,24-21+,27-25+,30-28+,33-31+,35-32+,40-37+,49-46+. The summed E-state index contributed by atoms with van der Waals surface area (Å²) in [6.07, 6.45) is 77.3. The van der Waals surface area contributed by atoms with E-state index in [4.69, 9.17) is 14.2 Å². The van der Waals surface area contributed by atoms with Crippen molar-refractivity contribution >= 4 is 17.9 Å². The highest BCUT2D eigenvalue weighted by molar-refractivity contribution is 5.71. The molecule has 0 aromatic carbocycles. The number of unbranched alkanes of at least 4 members (excludes halogenated alkanes) is 17. The summed E-state index contributed by atoms with van der Waals surface area (Å²) in [7, 11) is 0. The molecule has 0 amide bonds. The Morgan fingerprint density at radius 3 is 1.13 bits per heavy atom. The Kier molecular flexibility index (Phi) is 51.5. The summed E-state index contributed by atoms with van der Waals surface area (Å²) in [5.74, 6) is -1.05. The second kappa shape index (κ2) is 55.1. The fourth-order valence-electron chi connectivity index (χ4n) is 6.93. The Labute approximate surface area is 417 Å². The maximum absolute atomic E-state index is 12.8. The van der Waals surface area contributed by atoms with Crippen molar-refractivity contribution in [3.63, 3.8) is 0 Å². The van der Waals surface area contributed by atoms with Crippen molar-refractivity contribution in [2.24, 2.45) is 0 Å². The highest BCUT2D eigenvalue weighted by Crippen LogP contribution is 2.13. The minimum absolute atomic E-state index is 0.123. The predicted octanol–water partition coefficient (Wildman–Crippen LogP) is 18.3. The summed E-state index contributed by atoms with van der Waals surface area (Å²) < 4.78 is 16.7. The number of esters is 3. The molecule has 6 heteroatoms. The average molecular weight is 939 g/mol. The fourth-order valence-corrected chi connectivity index (χ4v) is 6.93.